The predicted octanol–water partition coefficient (Wildman–Crippen LogP) is 4.25. The van der Waals surface area contributed by atoms with Crippen LogP contribution in [0.25, 0.3) is 10.8 Å². The Balaban J connectivity index is 1.39. The summed E-state index contributed by atoms with van der Waals surface area (Å²) in [5.74, 6) is -0.181. The summed E-state index contributed by atoms with van der Waals surface area (Å²) in [6, 6.07) is 29.8. The molecule has 0 saturated carbocycles. The van der Waals surface area contributed by atoms with Gasteiger partial charge in [-0.3, -0.25) is 9.59 Å². The highest BCUT2D eigenvalue weighted by Crippen LogP contribution is 2.17. The highest BCUT2D eigenvalue weighted by molar-refractivity contribution is 6.00. The van der Waals surface area contributed by atoms with E-state index in [2.05, 4.69) is 5.32 Å². The van der Waals surface area contributed by atoms with Gasteiger partial charge in [0.15, 0.2) is 0 Å². The van der Waals surface area contributed by atoms with E-state index in [0.717, 1.165) is 27.6 Å². The Morgan fingerprint density at radius 2 is 1.47 bits per heavy atom. The molecule has 5 heteroatoms. The minimum Gasteiger partial charge on any atom is -0.489 e. The van der Waals surface area contributed by atoms with E-state index in [4.69, 9.17) is 10.5 Å². The zero-order chi connectivity index (χ0) is 22.3. The second kappa shape index (κ2) is 9.79. The van der Waals surface area contributed by atoms with Crippen LogP contribution in [0.2, 0.25) is 0 Å². The molecule has 32 heavy (non-hydrogen) atoms. The fourth-order valence-electron chi connectivity index (χ4n) is 3.49. The average molecular weight is 425 g/mol. The maximum atomic E-state index is 12.7. The first-order valence-electron chi connectivity index (χ1n) is 10.4. The van der Waals surface area contributed by atoms with Crippen molar-refractivity contribution in [3.63, 3.8) is 0 Å². The fraction of sp³-hybridized carbons (Fsp3) is 0.111. The second-order valence-electron chi connectivity index (χ2n) is 7.61. The first-order valence-corrected chi connectivity index (χ1v) is 10.4. The standard InChI is InChI=1S/C27H24N2O3/c28-26(30)25(29-27(31)23-13-12-21-8-4-5-9-22(21)17-23)16-19-10-14-24(15-11-19)32-18-20-6-2-1-3-7-20/h1-15,17,25H,16,18H2,(H2,28,30)(H,29,31)/t25-/m1/s1. The van der Waals surface area contributed by atoms with Crippen LogP contribution in [-0.4, -0.2) is 17.9 Å². The minimum atomic E-state index is -0.815. The summed E-state index contributed by atoms with van der Waals surface area (Å²) >= 11 is 0. The molecule has 1 atom stereocenters. The zero-order valence-electron chi connectivity index (χ0n) is 17.5. The number of hydrogen-bond acceptors (Lipinski definition) is 3. The lowest BCUT2D eigenvalue weighted by Crippen LogP contribution is -2.45. The van der Waals surface area contributed by atoms with Gasteiger partial charge in [-0.1, -0.05) is 72.8 Å². The number of carbonyl (C=O) groups excluding carboxylic acids is 2. The molecule has 0 heterocycles. The summed E-state index contributed by atoms with van der Waals surface area (Å²) in [6.07, 6.45) is 0.299. The molecule has 4 rings (SSSR count). The Morgan fingerprint density at radius 1 is 0.781 bits per heavy atom. The van der Waals surface area contributed by atoms with Gasteiger partial charge in [-0.05, 0) is 46.2 Å². The number of benzene rings is 4. The molecule has 0 saturated heterocycles. The maximum Gasteiger partial charge on any atom is 0.251 e. The van der Waals surface area contributed by atoms with E-state index in [0.29, 0.717) is 18.6 Å². The van der Waals surface area contributed by atoms with E-state index in [-0.39, 0.29) is 5.91 Å². The largest absolute Gasteiger partial charge is 0.489 e. The van der Waals surface area contributed by atoms with Gasteiger partial charge >= 0.3 is 0 Å². The summed E-state index contributed by atoms with van der Waals surface area (Å²) in [5.41, 5.74) is 8.01. The van der Waals surface area contributed by atoms with Crippen LogP contribution in [0.3, 0.4) is 0 Å². The van der Waals surface area contributed by atoms with Crippen molar-refractivity contribution in [1.29, 1.82) is 0 Å². The van der Waals surface area contributed by atoms with Gasteiger partial charge < -0.3 is 15.8 Å². The Morgan fingerprint density at radius 3 is 2.19 bits per heavy atom. The van der Waals surface area contributed by atoms with Gasteiger partial charge in [0.05, 0.1) is 0 Å². The van der Waals surface area contributed by atoms with Crippen LogP contribution in [0.15, 0.2) is 97.1 Å². The van der Waals surface area contributed by atoms with Crippen molar-refractivity contribution in [3.05, 3.63) is 114 Å². The number of primary amides is 1. The first kappa shape index (κ1) is 21.1. The van der Waals surface area contributed by atoms with Crippen LogP contribution >= 0.6 is 0 Å². The van der Waals surface area contributed by atoms with Gasteiger partial charge in [0.25, 0.3) is 5.91 Å². The third kappa shape index (κ3) is 5.32. The monoisotopic (exact) mass is 424 g/mol. The smallest absolute Gasteiger partial charge is 0.251 e. The molecule has 0 spiro atoms. The van der Waals surface area contributed by atoms with Crippen LogP contribution in [0.1, 0.15) is 21.5 Å². The van der Waals surface area contributed by atoms with Crippen molar-refractivity contribution in [2.24, 2.45) is 5.73 Å². The number of carbonyl (C=O) groups is 2. The van der Waals surface area contributed by atoms with Gasteiger partial charge in [-0.25, -0.2) is 0 Å². The average Bonchev–Trinajstić information content (AvgIpc) is 2.83. The molecule has 0 fully saturated rings. The quantitative estimate of drug-likeness (QED) is 0.444. The molecule has 4 aromatic carbocycles. The van der Waals surface area contributed by atoms with Gasteiger partial charge in [0, 0.05) is 12.0 Å². The predicted molar refractivity (Wildman–Crippen MR) is 125 cm³/mol. The van der Waals surface area contributed by atoms with Crippen molar-refractivity contribution in [1.82, 2.24) is 5.32 Å². The number of hydrogen-bond donors (Lipinski definition) is 2. The summed E-state index contributed by atoms with van der Waals surface area (Å²) in [7, 11) is 0. The lowest BCUT2D eigenvalue weighted by atomic mass is 10.0. The Kier molecular flexibility index (Phi) is 6.46. The molecule has 3 N–H and O–H groups in total. The Bertz CT molecular complexity index is 1220. The fourth-order valence-corrected chi connectivity index (χ4v) is 3.49. The van der Waals surface area contributed by atoms with E-state index in [9.17, 15) is 9.59 Å². The zero-order valence-corrected chi connectivity index (χ0v) is 17.5. The molecule has 0 radical (unpaired) electrons. The molecule has 0 aliphatic carbocycles. The number of rotatable bonds is 8. The maximum absolute atomic E-state index is 12.7. The lowest BCUT2D eigenvalue weighted by molar-refractivity contribution is -0.119. The normalized spacial score (nSPS) is 11.6. The third-order valence-electron chi connectivity index (χ3n) is 5.27. The van der Waals surface area contributed by atoms with Crippen molar-refractivity contribution in [3.8, 4) is 5.75 Å². The summed E-state index contributed by atoms with van der Waals surface area (Å²) in [6.45, 7) is 0.478. The first-order chi connectivity index (χ1) is 15.6. The summed E-state index contributed by atoms with van der Waals surface area (Å²) in [5, 5.41) is 4.77. The third-order valence-corrected chi connectivity index (χ3v) is 5.27. The molecule has 160 valence electrons. The van der Waals surface area contributed by atoms with Crippen molar-refractivity contribution >= 4 is 22.6 Å². The minimum absolute atomic E-state index is 0.299. The molecule has 5 nitrogen and oxygen atoms in total. The van der Waals surface area contributed by atoms with E-state index < -0.39 is 11.9 Å². The molecule has 0 aliphatic heterocycles. The number of nitrogens with two attached hydrogens (primary N) is 1. The van der Waals surface area contributed by atoms with Crippen LogP contribution in [0.5, 0.6) is 5.75 Å². The molecule has 0 aromatic heterocycles. The van der Waals surface area contributed by atoms with Crippen molar-refractivity contribution in [2.75, 3.05) is 0 Å². The van der Waals surface area contributed by atoms with Crippen LogP contribution in [-0.2, 0) is 17.8 Å². The molecule has 0 bridgehead atoms. The number of amides is 2. The van der Waals surface area contributed by atoms with Crippen molar-refractivity contribution in [2.45, 2.75) is 19.1 Å². The number of nitrogens with one attached hydrogen (secondary N) is 1. The van der Waals surface area contributed by atoms with Crippen LogP contribution in [0.4, 0.5) is 0 Å². The van der Waals surface area contributed by atoms with Crippen LogP contribution < -0.4 is 15.8 Å². The van der Waals surface area contributed by atoms with Gasteiger partial charge in [0.2, 0.25) is 5.91 Å². The Labute approximate surface area is 186 Å². The molecule has 0 unspecified atom stereocenters. The number of fused-ring (bicyclic) bond motifs is 1. The van der Waals surface area contributed by atoms with Crippen molar-refractivity contribution < 1.29 is 14.3 Å². The summed E-state index contributed by atoms with van der Waals surface area (Å²) in [4.78, 5) is 24.7. The van der Waals surface area contributed by atoms with E-state index in [1.807, 2.05) is 91.0 Å². The number of ether oxygens (including phenoxy) is 1. The van der Waals surface area contributed by atoms with Gasteiger partial charge in [-0.2, -0.15) is 0 Å². The Hall–Kier alpha value is -4.12. The molecular formula is C27H24N2O3. The highest BCUT2D eigenvalue weighted by atomic mass is 16.5. The highest BCUT2D eigenvalue weighted by Gasteiger charge is 2.19. The van der Waals surface area contributed by atoms with E-state index in [1.54, 1.807) is 6.07 Å². The molecular weight excluding hydrogens is 400 g/mol. The molecule has 4 aromatic rings. The van der Waals surface area contributed by atoms with E-state index >= 15 is 0 Å². The SMILES string of the molecule is NC(=O)[C@@H](Cc1ccc(OCc2ccccc2)cc1)NC(=O)c1ccc2ccccc2c1. The van der Waals surface area contributed by atoms with Gasteiger partial charge in [-0.15, -0.1) is 0 Å². The lowest BCUT2D eigenvalue weighted by Gasteiger charge is -2.16. The topological polar surface area (TPSA) is 81.4 Å². The van der Waals surface area contributed by atoms with Gasteiger partial charge in [0.1, 0.15) is 18.4 Å². The second-order valence-corrected chi connectivity index (χ2v) is 7.61. The van der Waals surface area contributed by atoms with E-state index in [1.165, 1.54) is 0 Å². The summed E-state index contributed by atoms with van der Waals surface area (Å²) < 4.78 is 5.80. The molecule has 2 amide bonds. The van der Waals surface area contributed by atoms with Crippen LogP contribution in [0, 0.1) is 0 Å². The molecule has 0 aliphatic rings.